The molecule has 0 N–H and O–H groups in total. The van der Waals surface area contributed by atoms with Crippen LogP contribution in [0.15, 0.2) is 152 Å². The summed E-state index contributed by atoms with van der Waals surface area (Å²) in [6.45, 7) is 0. The van der Waals surface area contributed by atoms with Crippen molar-refractivity contribution in [2.45, 2.75) is 0 Å². The number of rotatable bonds is 5. The second-order valence-electron chi connectivity index (χ2n) is 11.4. The van der Waals surface area contributed by atoms with Crippen LogP contribution in [0.1, 0.15) is 0 Å². The SMILES string of the molecule is c1ccc(-c2nc(-c3ccccc3)nc(-c3ccc(-c4ccc5c(c4)sc4ccnc(-c6cc7ccccc7cn6)c45)cc3)n2)cc1. The average Bonchev–Trinajstić information content (AvgIpc) is 3.53. The summed E-state index contributed by atoms with van der Waals surface area (Å²) in [5.74, 6) is 1.95. The Balaban J connectivity index is 1.09. The van der Waals surface area contributed by atoms with E-state index >= 15 is 0 Å². The first-order chi connectivity index (χ1) is 23.3. The zero-order valence-electron chi connectivity index (χ0n) is 25.1. The highest BCUT2D eigenvalue weighted by atomic mass is 32.1. The van der Waals surface area contributed by atoms with Gasteiger partial charge in [-0.3, -0.25) is 9.97 Å². The first-order valence-electron chi connectivity index (χ1n) is 15.4. The molecular weight excluding hydrogens is 595 g/mol. The number of benzene rings is 5. The van der Waals surface area contributed by atoms with Gasteiger partial charge in [-0.1, -0.05) is 121 Å². The number of fused-ring (bicyclic) bond motifs is 4. The summed E-state index contributed by atoms with van der Waals surface area (Å²) in [4.78, 5) is 24.2. The Labute approximate surface area is 275 Å². The summed E-state index contributed by atoms with van der Waals surface area (Å²) in [5, 5.41) is 4.62. The van der Waals surface area contributed by atoms with Crippen LogP contribution in [0.25, 0.3) is 87.6 Å². The Morgan fingerprint density at radius 1 is 0.426 bits per heavy atom. The standard InChI is InChI=1S/C41H25N5S/c1-3-9-27(10-4-1)39-44-40(28-11-5-2-6-12-28)46-41(45-39)29-17-15-26(16-18-29)31-19-20-33-36(24-31)47-35-21-22-42-38(37(33)35)34-23-30-13-7-8-14-32(30)25-43-34/h1-25H. The van der Waals surface area contributed by atoms with E-state index < -0.39 is 0 Å². The van der Waals surface area contributed by atoms with Crippen LogP contribution >= 0.6 is 11.3 Å². The molecule has 47 heavy (non-hydrogen) atoms. The molecule has 0 spiro atoms. The lowest BCUT2D eigenvalue weighted by Gasteiger charge is -2.09. The summed E-state index contributed by atoms with van der Waals surface area (Å²) in [6.07, 6.45) is 3.82. The molecule has 6 heteroatoms. The molecule has 5 aromatic carbocycles. The van der Waals surface area contributed by atoms with Crippen molar-refractivity contribution in [3.8, 4) is 56.7 Å². The van der Waals surface area contributed by atoms with Gasteiger partial charge >= 0.3 is 0 Å². The van der Waals surface area contributed by atoms with Crippen molar-refractivity contribution in [1.29, 1.82) is 0 Å². The lowest BCUT2D eigenvalue weighted by Crippen LogP contribution is -2.00. The predicted octanol–water partition coefficient (Wildman–Crippen LogP) is 10.5. The minimum Gasteiger partial charge on any atom is -0.254 e. The van der Waals surface area contributed by atoms with Crippen LogP contribution in [0, 0.1) is 0 Å². The number of pyridine rings is 2. The van der Waals surface area contributed by atoms with E-state index in [0.717, 1.165) is 55.4 Å². The monoisotopic (exact) mass is 619 g/mol. The molecule has 0 aliphatic carbocycles. The van der Waals surface area contributed by atoms with E-state index in [2.05, 4.69) is 72.8 Å². The normalized spacial score (nSPS) is 11.4. The molecule has 4 aromatic heterocycles. The van der Waals surface area contributed by atoms with Gasteiger partial charge in [0.1, 0.15) is 0 Å². The van der Waals surface area contributed by atoms with Gasteiger partial charge < -0.3 is 0 Å². The molecule has 5 nitrogen and oxygen atoms in total. The van der Waals surface area contributed by atoms with Gasteiger partial charge in [-0.2, -0.15) is 0 Å². The lowest BCUT2D eigenvalue weighted by atomic mass is 10.0. The van der Waals surface area contributed by atoms with Crippen molar-refractivity contribution in [1.82, 2.24) is 24.9 Å². The Kier molecular flexibility index (Phi) is 6.58. The average molecular weight is 620 g/mol. The molecule has 0 aliphatic heterocycles. The van der Waals surface area contributed by atoms with Crippen LogP contribution < -0.4 is 0 Å². The number of nitrogens with zero attached hydrogens (tertiary/aromatic N) is 5. The number of hydrogen-bond donors (Lipinski definition) is 0. The van der Waals surface area contributed by atoms with E-state index in [4.69, 9.17) is 24.9 Å². The smallest absolute Gasteiger partial charge is 0.164 e. The molecule has 0 amide bonds. The molecule has 0 saturated heterocycles. The number of hydrogen-bond acceptors (Lipinski definition) is 6. The van der Waals surface area contributed by atoms with Gasteiger partial charge in [-0.05, 0) is 34.7 Å². The molecular formula is C41H25N5S. The molecule has 0 unspecified atom stereocenters. The largest absolute Gasteiger partial charge is 0.254 e. The van der Waals surface area contributed by atoms with E-state index in [1.165, 1.54) is 14.8 Å². The maximum absolute atomic E-state index is 4.89. The molecule has 0 saturated carbocycles. The van der Waals surface area contributed by atoms with Crippen molar-refractivity contribution in [2.75, 3.05) is 0 Å². The van der Waals surface area contributed by atoms with Crippen molar-refractivity contribution < 1.29 is 0 Å². The van der Waals surface area contributed by atoms with Gasteiger partial charge in [-0.25, -0.2) is 15.0 Å². The van der Waals surface area contributed by atoms with Crippen LogP contribution in [0.5, 0.6) is 0 Å². The molecule has 9 aromatic rings. The van der Waals surface area contributed by atoms with Crippen LogP contribution in [-0.4, -0.2) is 24.9 Å². The second kappa shape index (κ2) is 11.4. The van der Waals surface area contributed by atoms with Crippen LogP contribution in [0.2, 0.25) is 0 Å². The van der Waals surface area contributed by atoms with E-state index in [1.54, 1.807) is 11.3 Å². The zero-order chi connectivity index (χ0) is 31.2. The topological polar surface area (TPSA) is 64.5 Å². The fourth-order valence-electron chi connectivity index (χ4n) is 6.06. The lowest BCUT2D eigenvalue weighted by molar-refractivity contribution is 1.07. The maximum Gasteiger partial charge on any atom is 0.164 e. The van der Waals surface area contributed by atoms with Gasteiger partial charge in [0.05, 0.1) is 11.4 Å². The number of aromatic nitrogens is 5. The summed E-state index contributed by atoms with van der Waals surface area (Å²) in [7, 11) is 0. The van der Waals surface area contributed by atoms with Gasteiger partial charge in [-0.15, -0.1) is 11.3 Å². The highest BCUT2D eigenvalue weighted by Crippen LogP contribution is 2.40. The molecule has 0 aliphatic rings. The van der Waals surface area contributed by atoms with Gasteiger partial charge in [0, 0.05) is 54.6 Å². The van der Waals surface area contributed by atoms with E-state index in [1.807, 2.05) is 79.1 Å². The Morgan fingerprint density at radius 3 is 1.68 bits per heavy atom. The minimum absolute atomic E-state index is 0.645. The maximum atomic E-state index is 4.89. The summed E-state index contributed by atoms with van der Waals surface area (Å²) in [6, 6.07) is 47.8. The zero-order valence-corrected chi connectivity index (χ0v) is 25.9. The molecule has 0 radical (unpaired) electrons. The molecule has 4 heterocycles. The quantitative estimate of drug-likeness (QED) is 0.192. The predicted molar refractivity (Wildman–Crippen MR) is 193 cm³/mol. The molecule has 0 bridgehead atoms. The molecule has 220 valence electrons. The van der Waals surface area contributed by atoms with Crippen LogP contribution in [-0.2, 0) is 0 Å². The third kappa shape index (κ3) is 5.01. The summed E-state index contributed by atoms with van der Waals surface area (Å²) >= 11 is 1.79. The second-order valence-corrected chi connectivity index (χ2v) is 12.5. The van der Waals surface area contributed by atoms with E-state index in [0.29, 0.717) is 17.5 Å². The highest BCUT2D eigenvalue weighted by molar-refractivity contribution is 7.26. The van der Waals surface area contributed by atoms with Gasteiger partial charge in [0.2, 0.25) is 0 Å². The summed E-state index contributed by atoms with van der Waals surface area (Å²) < 4.78 is 2.42. The van der Waals surface area contributed by atoms with E-state index in [-0.39, 0.29) is 0 Å². The van der Waals surface area contributed by atoms with Crippen LogP contribution in [0.4, 0.5) is 0 Å². The molecule has 0 atom stereocenters. The fourth-order valence-corrected chi connectivity index (χ4v) is 7.20. The van der Waals surface area contributed by atoms with Crippen LogP contribution in [0.3, 0.4) is 0 Å². The Morgan fingerprint density at radius 2 is 1.00 bits per heavy atom. The highest BCUT2D eigenvalue weighted by Gasteiger charge is 2.16. The number of thiophene rings is 1. The van der Waals surface area contributed by atoms with Gasteiger partial charge in [0.15, 0.2) is 17.5 Å². The van der Waals surface area contributed by atoms with Gasteiger partial charge in [0.25, 0.3) is 0 Å². The molecule has 9 rings (SSSR count). The van der Waals surface area contributed by atoms with Crippen molar-refractivity contribution >= 4 is 42.3 Å². The minimum atomic E-state index is 0.645. The fraction of sp³-hybridized carbons (Fsp3) is 0. The van der Waals surface area contributed by atoms with Crippen molar-refractivity contribution in [3.63, 3.8) is 0 Å². The molecule has 0 fully saturated rings. The Bertz CT molecular complexity index is 2500. The third-order valence-electron chi connectivity index (χ3n) is 8.43. The third-order valence-corrected chi connectivity index (χ3v) is 9.55. The first-order valence-corrected chi connectivity index (χ1v) is 16.2. The van der Waals surface area contributed by atoms with Crippen molar-refractivity contribution in [2.24, 2.45) is 0 Å². The summed E-state index contributed by atoms with van der Waals surface area (Å²) in [5.41, 5.74) is 6.93. The Hall–Kier alpha value is -6.11. The van der Waals surface area contributed by atoms with E-state index in [9.17, 15) is 0 Å². The van der Waals surface area contributed by atoms with Crippen molar-refractivity contribution in [3.05, 3.63) is 152 Å². The first kappa shape index (κ1) is 27.2.